The second kappa shape index (κ2) is 16.9. The highest BCUT2D eigenvalue weighted by Crippen LogP contribution is 2.42. The number of rotatable bonds is 18. The Balaban J connectivity index is 1.27. The topological polar surface area (TPSA) is 84.0 Å². The molecule has 0 aliphatic carbocycles. The van der Waals surface area contributed by atoms with Gasteiger partial charge < -0.3 is 18.9 Å². The van der Waals surface area contributed by atoms with Crippen LogP contribution in [0, 0.1) is 5.82 Å². The van der Waals surface area contributed by atoms with Crippen LogP contribution in [0.2, 0.25) is 0 Å². The molecular formula is C39H40FNO6S. The van der Waals surface area contributed by atoms with Crippen molar-refractivity contribution in [2.45, 2.75) is 58.8 Å². The number of unbranched alkanes of at least 4 members (excludes halogenated alkanes) is 2. The van der Waals surface area contributed by atoms with Crippen LogP contribution in [0.25, 0.3) is 20.7 Å². The maximum absolute atomic E-state index is 15.3. The Morgan fingerprint density at radius 1 is 0.771 bits per heavy atom. The lowest BCUT2D eigenvalue weighted by Crippen LogP contribution is -2.13. The van der Waals surface area contributed by atoms with E-state index in [4.69, 9.17) is 18.9 Å². The molecule has 0 N–H and O–H groups in total. The third-order valence-electron chi connectivity index (χ3n) is 7.71. The SMILES string of the molecule is CCCCOc1ccc(-c2cc3nccc(Oc4ccc(CC(=O)CC(=O)Cc5ccccc5OC)cc4F)c3s2)cc1OCCCC. The second-order valence-corrected chi connectivity index (χ2v) is 12.5. The Hall–Kier alpha value is -4.76. The molecule has 0 aliphatic heterocycles. The number of halogens is 1. The predicted molar refractivity (Wildman–Crippen MR) is 187 cm³/mol. The standard InChI is InChI=1S/C39H40FNO6S/c1-4-6-18-45-35-15-13-28(23-37(35)46-19-7-5-2)38-25-32-39(48-38)36(16-17-41-32)47-34-14-12-26(21-31(34)40)20-29(42)24-30(43)22-27-10-8-9-11-33(27)44-3/h8-17,21,23,25H,4-7,18-20,22,24H2,1-3H3. The van der Waals surface area contributed by atoms with Crippen LogP contribution in [0.15, 0.2) is 79.0 Å². The average Bonchev–Trinajstić information content (AvgIpc) is 3.52. The summed E-state index contributed by atoms with van der Waals surface area (Å²) in [5.74, 6) is 1.43. The number of benzene rings is 3. The summed E-state index contributed by atoms with van der Waals surface area (Å²) in [7, 11) is 1.54. The van der Waals surface area contributed by atoms with Crippen molar-refractivity contribution in [3.63, 3.8) is 0 Å². The first-order valence-electron chi connectivity index (χ1n) is 16.3. The quantitative estimate of drug-likeness (QED) is 0.0679. The highest BCUT2D eigenvalue weighted by Gasteiger charge is 2.17. The summed E-state index contributed by atoms with van der Waals surface area (Å²) in [6.45, 7) is 5.49. The number of carbonyl (C=O) groups is 2. The number of ether oxygens (including phenoxy) is 4. The maximum atomic E-state index is 15.3. The van der Waals surface area contributed by atoms with Crippen molar-refractivity contribution >= 4 is 33.1 Å². The summed E-state index contributed by atoms with van der Waals surface area (Å²) < 4.78 is 39.5. The molecule has 3 aromatic carbocycles. The number of fused-ring (bicyclic) bond motifs is 1. The number of para-hydroxylation sites is 1. The minimum atomic E-state index is -0.602. The van der Waals surface area contributed by atoms with Crippen molar-refractivity contribution in [1.82, 2.24) is 4.98 Å². The van der Waals surface area contributed by atoms with Crippen molar-refractivity contribution in [3.05, 3.63) is 95.9 Å². The number of Topliss-reactive ketones (excluding diaryl/α,β-unsaturated/α-hetero) is 2. The Labute approximate surface area is 284 Å². The van der Waals surface area contributed by atoms with E-state index in [1.54, 1.807) is 30.5 Å². The zero-order valence-corrected chi connectivity index (χ0v) is 28.4. The van der Waals surface area contributed by atoms with E-state index in [2.05, 4.69) is 18.8 Å². The van der Waals surface area contributed by atoms with E-state index < -0.39 is 5.82 Å². The molecule has 2 aromatic heterocycles. The molecular weight excluding hydrogens is 629 g/mol. The minimum Gasteiger partial charge on any atom is -0.496 e. The van der Waals surface area contributed by atoms with Gasteiger partial charge in [-0.15, -0.1) is 11.3 Å². The Morgan fingerprint density at radius 2 is 1.50 bits per heavy atom. The van der Waals surface area contributed by atoms with Gasteiger partial charge in [-0.1, -0.05) is 51.0 Å². The van der Waals surface area contributed by atoms with E-state index in [0.29, 0.717) is 36.0 Å². The number of ketones is 2. The van der Waals surface area contributed by atoms with Gasteiger partial charge in [0.25, 0.3) is 0 Å². The minimum absolute atomic E-state index is 0.0288. The molecule has 9 heteroatoms. The molecule has 0 amide bonds. The first-order chi connectivity index (χ1) is 23.4. The van der Waals surface area contributed by atoms with Gasteiger partial charge in [0.15, 0.2) is 23.1 Å². The van der Waals surface area contributed by atoms with Gasteiger partial charge in [-0.3, -0.25) is 14.6 Å². The number of pyridine rings is 1. The fraction of sp³-hybridized carbons (Fsp3) is 0.308. The van der Waals surface area contributed by atoms with Crippen molar-refractivity contribution in [3.8, 4) is 39.2 Å². The summed E-state index contributed by atoms with van der Waals surface area (Å²) in [5.41, 5.74) is 2.87. The molecule has 0 spiro atoms. The summed E-state index contributed by atoms with van der Waals surface area (Å²) >= 11 is 1.50. The summed E-state index contributed by atoms with van der Waals surface area (Å²) in [5, 5.41) is 0. The largest absolute Gasteiger partial charge is 0.496 e. The number of methoxy groups -OCH3 is 1. The monoisotopic (exact) mass is 669 g/mol. The Bertz CT molecular complexity index is 1870. The molecule has 0 saturated carbocycles. The summed E-state index contributed by atoms with van der Waals surface area (Å²) in [4.78, 5) is 30.7. The predicted octanol–water partition coefficient (Wildman–Crippen LogP) is 9.57. The molecule has 7 nitrogen and oxygen atoms in total. The number of nitrogens with zero attached hydrogens (tertiary/aromatic N) is 1. The average molecular weight is 670 g/mol. The third-order valence-corrected chi connectivity index (χ3v) is 8.89. The van der Waals surface area contributed by atoms with Gasteiger partial charge >= 0.3 is 0 Å². The molecule has 5 aromatic rings. The van der Waals surface area contributed by atoms with E-state index >= 15 is 4.39 Å². The van der Waals surface area contributed by atoms with E-state index in [0.717, 1.165) is 57.7 Å². The number of thiophene rings is 1. The lowest BCUT2D eigenvalue weighted by Gasteiger charge is -2.13. The van der Waals surface area contributed by atoms with Crippen LogP contribution < -0.4 is 18.9 Å². The number of hydrogen-bond acceptors (Lipinski definition) is 8. The highest BCUT2D eigenvalue weighted by molar-refractivity contribution is 7.22. The van der Waals surface area contributed by atoms with Crippen LogP contribution in [0.1, 0.15) is 57.1 Å². The van der Waals surface area contributed by atoms with Crippen LogP contribution in [-0.2, 0) is 22.4 Å². The number of aromatic nitrogens is 1. The zero-order chi connectivity index (χ0) is 33.9. The number of carbonyl (C=O) groups excluding carboxylic acids is 2. The van der Waals surface area contributed by atoms with Crippen LogP contribution in [-0.4, -0.2) is 36.9 Å². The summed E-state index contributed by atoms with van der Waals surface area (Å²) in [6.07, 6.45) is 5.42. The molecule has 0 fully saturated rings. The van der Waals surface area contributed by atoms with E-state index in [1.807, 2.05) is 36.4 Å². The lowest BCUT2D eigenvalue weighted by molar-refractivity contribution is -0.126. The van der Waals surface area contributed by atoms with Crippen LogP contribution >= 0.6 is 11.3 Å². The van der Waals surface area contributed by atoms with E-state index in [-0.39, 0.29) is 36.6 Å². The molecule has 0 radical (unpaired) electrons. The van der Waals surface area contributed by atoms with Gasteiger partial charge in [-0.05, 0) is 66.4 Å². The van der Waals surface area contributed by atoms with Crippen LogP contribution in [0.3, 0.4) is 0 Å². The third kappa shape index (κ3) is 8.98. The molecule has 250 valence electrons. The fourth-order valence-corrected chi connectivity index (χ4v) is 6.24. The van der Waals surface area contributed by atoms with Crippen LogP contribution in [0.5, 0.6) is 28.7 Å². The van der Waals surface area contributed by atoms with Gasteiger partial charge in [0.05, 0.1) is 37.0 Å². The normalized spacial score (nSPS) is 11.0. The van der Waals surface area contributed by atoms with Crippen molar-refractivity contribution in [2.75, 3.05) is 20.3 Å². The zero-order valence-electron chi connectivity index (χ0n) is 27.6. The Kier molecular flexibility index (Phi) is 12.2. The first-order valence-corrected chi connectivity index (χ1v) is 17.1. The molecule has 2 heterocycles. The lowest BCUT2D eigenvalue weighted by atomic mass is 10.0. The van der Waals surface area contributed by atoms with E-state index in [1.165, 1.54) is 30.6 Å². The van der Waals surface area contributed by atoms with Gasteiger partial charge in [-0.25, -0.2) is 4.39 Å². The smallest absolute Gasteiger partial charge is 0.166 e. The molecule has 0 unspecified atom stereocenters. The maximum Gasteiger partial charge on any atom is 0.166 e. The summed E-state index contributed by atoms with van der Waals surface area (Å²) in [6, 6.07) is 21.3. The van der Waals surface area contributed by atoms with Gasteiger partial charge in [0.2, 0.25) is 0 Å². The van der Waals surface area contributed by atoms with Crippen molar-refractivity contribution < 1.29 is 32.9 Å². The van der Waals surface area contributed by atoms with Crippen molar-refractivity contribution in [2.24, 2.45) is 0 Å². The first kappa shape index (κ1) is 34.6. The van der Waals surface area contributed by atoms with Gasteiger partial charge in [0, 0.05) is 35.5 Å². The van der Waals surface area contributed by atoms with Crippen LogP contribution in [0.4, 0.5) is 4.39 Å². The molecule has 0 aliphatic rings. The molecule has 0 saturated heterocycles. The fourth-order valence-electron chi connectivity index (χ4n) is 5.17. The molecule has 5 rings (SSSR count). The molecule has 0 atom stereocenters. The molecule has 48 heavy (non-hydrogen) atoms. The van der Waals surface area contributed by atoms with Crippen molar-refractivity contribution in [1.29, 1.82) is 0 Å². The Morgan fingerprint density at radius 3 is 2.25 bits per heavy atom. The van der Waals surface area contributed by atoms with E-state index in [9.17, 15) is 9.59 Å². The number of hydrogen-bond donors (Lipinski definition) is 0. The molecule has 0 bridgehead atoms. The second-order valence-electron chi connectivity index (χ2n) is 11.5. The van der Waals surface area contributed by atoms with Gasteiger partial charge in [-0.2, -0.15) is 0 Å². The highest BCUT2D eigenvalue weighted by atomic mass is 32.1. The van der Waals surface area contributed by atoms with Gasteiger partial charge in [0.1, 0.15) is 23.1 Å².